The molecule has 3 aliphatic rings. The first kappa shape index (κ1) is 14.4. The molecule has 0 aliphatic heterocycles. The molecular formula is C20H32. The molecule has 0 amide bonds. The van der Waals surface area contributed by atoms with Crippen molar-refractivity contribution in [2.45, 2.75) is 72.6 Å². The van der Waals surface area contributed by atoms with Crippen molar-refractivity contribution in [2.75, 3.05) is 0 Å². The average Bonchev–Trinajstić information content (AvgIpc) is 2.37. The summed E-state index contributed by atoms with van der Waals surface area (Å²) in [5, 5.41) is 0. The van der Waals surface area contributed by atoms with E-state index in [0.29, 0.717) is 16.2 Å². The molecule has 0 aromatic carbocycles. The summed E-state index contributed by atoms with van der Waals surface area (Å²) in [5.41, 5.74) is 3.22. The fraction of sp³-hybridized carbons (Fsp3) is 0.800. The molecule has 112 valence electrons. The van der Waals surface area contributed by atoms with E-state index in [1.54, 1.807) is 0 Å². The lowest BCUT2D eigenvalue weighted by Gasteiger charge is -2.58. The van der Waals surface area contributed by atoms with Crippen molar-refractivity contribution in [2.24, 2.45) is 28.1 Å². The van der Waals surface area contributed by atoms with Gasteiger partial charge >= 0.3 is 0 Å². The number of hydrogen-bond acceptors (Lipinski definition) is 0. The van der Waals surface area contributed by atoms with E-state index < -0.39 is 0 Å². The first-order valence-corrected chi connectivity index (χ1v) is 8.65. The zero-order chi connectivity index (χ0) is 14.6. The molecule has 0 heteroatoms. The number of allylic oxidation sites excluding steroid dienone is 3. The van der Waals surface area contributed by atoms with Crippen molar-refractivity contribution in [1.82, 2.24) is 0 Å². The Labute approximate surface area is 125 Å². The van der Waals surface area contributed by atoms with E-state index in [-0.39, 0.29) is 0 Å². The molecule has 0 aromatic rings. The molecule has 0 aromatic heterocycles. The zero-order valence-electron chi connectivity index (χ0n) is 14.0. The molecule has 0 radical (unpaired) electrons. The van der Waals surface area contributed by atoms with Crippen LogP contribution >= 0.6 is 0 Å². The van der Waals surface area contributed by atoms with E-state index in [4.69, 9.17) is 0 Å². The number of fused-ring (bicyclic) bond motifs is 3. The summed E-state index contributed by atoms with van der Waals surface area (Å²) in [7, 11) is 0. The molecule has 2 saturated carbocycles. The van der Waals surface area contributed by atoms with E-state index in [1.807, 2.05) is 5.57 Å². The Kier molecular flexibility index (Phi) is 3.23. The maximum absolute atomic E-state index is 4.09. The van der Waals surface area contributed by atoms with Crippen molar-refractivity contribution < 1.29 is 0 Å². The van der Waals surface area contributed by atoms with Gasteiger partial charge < -0.3 is 0 Å². The van der Waals surface area contributed by atoms with Crippen molar-refractivity contribution in [1.29, 1.82) is 0 Å². The Morgan fingerprint density at radius 2 is 1.90 bits per heavy atom. The number of hydrogen-bond donors (Lipinski definition) is 0. The first-order valence-electron chi connectivity index (χ1n) is 8.65. The molecule has 3 aliphatic carbocycles. The van der Waals surface area contributed by atoms with Gasteiger partial charge in [0.05, 0.1) is 0 Å². The molecule has 0 unspecified atom stereocenters. The number of rotatable bonds is 1. The smallest absolute Gasteiger partial charge is 0.00803 e. The van der Waals surface area contributed by atoms with Crippen LogP contribution in [0.3, 0.4) is 0 Å². The minimum atomic E-state index is 0.349. The van der Waals surface area contributed by atoms with E-state index in [2.05, 4.69) is 46.4 Å². The van der Waals surface area contributed by atoms with Crippen molar-refractivity contribution >= 4 is 0 Å². The molecule has 0 bridgehead atoms. The lowest BCUT2D eigenvalue weighted by Crippen LogP contribution is -2.49. The van der Waals surface area contributed by atoms with Gasteiger partial charge in [0.2, 0.25) is 0 Å². The van der Waals surface area contributed by atoms with Gasteiger partial charge in [-0.15, -0.1) is 6.58 Å². The summed E-state index contributed by atoms with van der Waals surface area (Å²) in [5.74, 6) is 1.74. The summed E-state index contributed by atoms with van der Waals surface area (Å²) in [6.07, 6.45) is 14.5. The lowest BCUT2D eigenvalue weighted by atomic mass is 9.46. The second kappa shape index (κ2) is 4.49. The van der Waals surface area contributed by atoms with Gasteiger partial charge in [-0.1, -0.05) is 51.8 Å². The summed E-state index contributed by atoms with van der Waals surface area (Å²) >= 11 is 0. The normalized spacial score (nSPS) is 46.9. The molecule has 0 nitrogen and oxygen atoms in total. The van der Waals surface area contributed by atoms with Crippen LogP contribution in [0, 0.1) is 28.1 Å². The minimum Gasteiger partial charge on any atom is -0.103 e. The van der Waals surface area contributed by atoms with Gasteiger partial charge in [0, 0.05) is 0 Å². The van der Waals surface area contributed by atoms with Crippen molar-refractivity contribution in [3.63, 3.8) is 0 Å². The Morgan fingerprint density at radius 3 is 2.60 bits per heavy atom. The Bertz CT molecular complexity index is 441. The molecule has 3 rings (SSSR count). The highest BCUT2D eigenvalue weighted by atomic mass is 14.6. The van der Waals surface area contributed by atoms with Crippen molar-refractivity contribution in [3.05, 3.63) is 24.3 Å². The average molecular weight is 272 g/mol. The van der Waals surface area contributed by atoms with Crippen LogP contribution in [0.1, 0.15) is 72.6 Å². The zero-order valence-corrected chi connectivity index (χ0v) is 14.0. The molecule has 0 spiro atoms. The monoisotopic (exact) mass is 272 g/mol. The minimum absolute atomic E-state index is 0.349. The molecule has 0 N–H and O–H groups in total. The van der Waals surface area contributed by atoms with Crippen LogP contribution in [0.4, 0.5) is 0 Å². The largest absolute Gasteiger partial charge is 0.103 e. The summed E-state index contributed by atoms with van der Waals surface area (Å²) in [4.78, 5) is 0. The third-order valence-corrected chi connectivity index (χ3v) is 7.13. The Hall–Kier alpha value is -0.520. The lowest BCUT2D eigenvalue weighted by molar-refractivity contribution is -0.0153. The quantitative estimate of drug-likeness (QED) is 0.503. The van der Waals surface area contributed by atoms with Gasteiger partial charge in [-0.3, -0.25) is 0 Å². The van der Waals surface area contributed by atoms with Gasteiger partial charge in [-0.2, -0.15) is 0 Å². The summed E-state index contributed by atoms with van der Waals surface area (Å²) in [6, 6.07) is 0. The third kappa shape index (κ3) is 2.02. The second-order valence-electron chi connectivity index (χ2n) is 9.01. The van der Waals surface area contributed by atoms with Gasteiger partial charge in [0.25, 0.3) is 0 Å². The topological polar surface area (TPSA) is 0 Å². The van der Waals surface area contributed by atoms with E-state index in [0.717, 1.165) is 11.8 Å². The molecule has 0 heterocycles. The Morgan fingerprint density at radius 1 is 1.15 bits per heavy atom. The maximum Gasteiger partial charge on any atom is -0.00803 e. The SMILES string of the molecule is C=C[C@@]1(C)CC=C2[C@H](CC[C@H]3C(C)(C)CCC[C@]23C)C1. The van der Waals surface area contributed by atoms with E-state index >= 15 is 0 Å². The fourth-order valence-corrected chi connectivity index (χ4v) is 5.93. The van der Waals surface area contributed by atoms with Crippen LogP contribution in [0.15, 0.2) is 24.3 Å². The molecule has 2 fully saturated rings. The van der Waals surface area contributed by atoms with Crippen molar-refractivity contribution in [3.8, 4) is 0 Å². The fourth-order valence-electron chi connectivity index (χ4n) is 5.93. The van der Waals surface area contributed by atoms with Gasteiger partial charge in [0.15, 0.2) is 0 Å². The molecular weight excluding hydrogens is 240 g/mol. The van der Waals surface area contributed by atoms with E-state index in [1.165, 1.54) is 44.9 Å². The van der Waals surface area contributed by atoms with E-state index in [9.17, 15) is 0 Å². The summed E-state index contributed by atoms with van der Waals surface area (Å²) < 4.78 is 0. The first-order chi connectivity index (χ1) is 9.31. The highest BCUT2D eigenvalue weighted by Crippen LogP contribution is 2.63. The predicted molar refractivity (Wildman–Crippen MR) is 87.6 cm³/mol. The van der Waals surface area contributed by atoms with Crippen LogP contribution in [0.5, 0.6) is 0 Å². The highest BCUT2D eigenvalue weighted by Gasteiger charge is 2.53. The van der Waals surface area contributed by atoms with Gasteiger partial charge in [-0.05, 0) is 66.6 Å². The van der Waals surface area contributed by atoms with Crippen LogP contribution < -0.4 is 0 Å². The Balaban J connectivity index is 1.96. The van der Waals surface area contributed by atoms with Crippen LogP contribution in [-0.4, -0.2) is 0 Å². The maximum atomic E-state index is 4.09. The second-order valence-corrected chi connectivity index (χ2v) is 9.01. The predicted octanol–water partition coefficient (Wildman–Crippen LogP) is 6.14. The van der Waals surface area contributed by atoms with Gasteiger partial charge in [0.1, 0.15) is 0 Å². The van der Waals surface area contributed by atoms with Crippen LogP contribution in [0.25, 0.3) is 0 Å². The van der Waals surface area contributed by atoms with Crippen LogP contribution in [0.2, 0.25) is 0 Å². The highest BCUT2D eigenvalue weighted by molar-refractivity contribution is 5.28. The van der Waals surface area contributed by atoms with Crippen LogP contribution in [-0.2, 0) is 0 Å². The van der Waals surface area contributed by atoms with Gasteiger partial charge in [-0.25, -0.2) is 0 Å². The standard InChI is InChI=1S/C20H32/c1-6-19(4)13-10-16-15(14-19)8-9-17-18(2,3)11-7-12-20(16,17)5/h6,10,15,17H,1,7-9,11-14H2,2-5H3/t15-,17+,19+,20-/m1/s1. The summed E-state index contributed by atoms with van der Waals surface area (Å²) in [6.45, 7) is 14.1. The molecule has 0 saturated heterocycles. The third-order valence-electron chi connectivity index (χ3n) is 7.13. The molecule has 4 atom stereocenters. The molecule has 20 heavy (non-hydrogen) atoms.